The lowest BCUT2D eigenvalue weighted by atomic mass is 10.1. The largest absolute Gasteiger partial charge is 0.298 e. The Bertz CT molecular complexity index is 749. The molecule has 0 aliphatic heterocycles. The van der Waals surface area contributed by atoms with Gasteiger partial charge in [-0.2, -0.15) is 0 Å². The lowest BCUT2D eigenvalue weighted by Crippen LogP contribution is -1.87. The second-order valence-corrected chi connectivity index (χ2v) is 5.52. The molecule has 0 N–H and O–H groups in total. The van der Waals surface area contributed by atoms with Crippen LogP contribution in [-0.4, -0.2) is 11.3 Å². The van der Waals surface area contributed by atoms with Crippen LogP contribution in [0.4, 0.5) is 0 Å². The summed E-state index contributed by atoms with van der Waals surface area (Å²) in [7, 11) is 0. The summed E-state index contributed by atoms with van der Waals surface area (Å²) in [6.07, 6.45) is 2.70. The van der Waals surface area contributed by atoms with Gasteiger partial charge in [-0.25, -0.2) is 0 Å². The van der Waals surface area contributed by atoms with Crippen LogP contribution in [0.15, 0.2) is 65.7 Å². The summed E-state index contributed by atoms with van der Waals surface area (Å²) >= 11 is 1.72. The van der Waals surface area contributed by atoms with Gasteiger partial charge in [0.25, 0.3) is 0 Å². The first kappa shape index (κ1) is 12.9. The van der Waals surface area contributed by atoms with Crippen LogP contribution in [0.1, 0.15) is 15.9 Å². The molecule has 1 heterocycles. The highest BCUT2D eigenvalue weighted by Crippen LogP contribution is 2.26. The standard InChI is InChI=1S/C17H13NOS/c19-11-13-4-1-8-16(10-13)20-12-15-6-2-5-14-7-3-9-18-17(14)15/h1-11H,12H2. The molecule has 3 rings (SSSR count). The first-order chi connectivity index (χ1) is 9.86. The molecular weight excluding hydrogens is 266 g/mol. The molecule has 0 radical (unpaired) electrons. The van der Waals surface area contributed by atoms with Gasteiger partial charge >= 0.3 is 0 Å². The minimum Gasteiger partial charge on any atom is -0.298 e. The number of aldehydes is 1. The van der Waals surface area contributed by atoms with E-state index in [1.54, 1.807) is 11.8 Å². The number of aromatic nitrogens is 1. The van der Waals surface area contributed by atoms with Gasteiger partial charge in [0.2, 0.25) is 0 Å². The molecule has 0 unspecified atom stereocenters. The minimum absolute atomic E-state index is 0.714. The van der Waals surface area contributed by atoms with Crippen molar-refractivity contribution < 1.29 is 4.79 Å². The molecule has 0 bridgehead atoms. The monoisotopic (exact) mass is 279 g/mol. The number of pyridine rings is 1. The minimum atomic E-state index is 0.714. The van der Waals surface area contributed by atoms with E-state index in [9.17, 15) is 4.79 Å². The average molecular weight is 279 g/mol. The van der Waals surface area contributed by atoms with E-state index in [4.69, 9.17) is 0 Å². The number of thioether (sulfide) groups is 1. The third kappa shape index (κ3) is 2.73. The molecule has 20 heavy (non-hydrogen) atoms. The first-order valence-electron chi connectivity index (χ1n) is 6.37. The molecule has 2 aromatic carbocycles. The summed E-state index contributed by atoms with van der Waals surface area (Å²) < 4.78 is 0. The molecule has 0 aliphatic rings. The summed E-state index contributed by atoms with van der Waals surface area (Å²) in [5.41, 5.74) is 2.98. The van der Waals surface area contributed by atoms with Gasteiger partial charge in [-0.1, -0.05) is 36.4 Å². The van der Waals surface area contributed by atoms with Crippen LogP contribution in [0.5, 0.6) is 0 Å². The molecule has 3 heteroatoms. The molecule has 0 saturated heterocycles. The Kier molecular flexibility index (Phi) is 3.79. The number of nitrogens with zero attached hydrogens (tertiary/aromatic N) is 1. The Morgan fingerprint density at radius 3 is 2.80 bits per heavy atom. The van der Waals surface area contributed by atoms with Crippen molar-refractivity contribution in [3.8, 4) is 0 Å². The maximum absolute atomic E-state index is 10.8. The van der Waals surface area contributed by atoms with Crippen LogP contribution >= 0.6 is 11.8 Å². The fraction of sp³-hybridized carbons (Fsp3) is 0.0588. The zero-order chi connectivity index (χ0) is 13.8. The number of fused-ring (bicyclic) bond motifs is 1. The molecule has 0 aliphatic carbocycles. The first-order valence-corrected chi connectivity index (χ1v) is 7.36. The Hall–Kier alpha value is -2.13. The smallest absolute Gasteiger partial charge is 0.150 e. The highest BCUT2D eigenvalue weighted by atomic mass is 32.2. The summed E-state index contributed by atoms with van der Waals surface area (Å²) in [5.74, 6) is 0.844. The fourth-order valence-electron chi connectivity index (χ4n) is 2.12. The van der Waals surface area contributed by atoms with Gasteiger partial charge in [0.15, 0.2) is 0 Å². The number of hydrogen-bond donors (Lipinski definition) is 0. The second kappa shape index (κ2) is 5.88. The molecule has 0 saturated carbocycles. The quantitative estimate of drug-likeness (QED) is 0.525. The molecule has 98 valence electrons. The zero-order valence-corrected chi connectivity index (χ0v) is 11.6. The number of para-hydroxylation sites is 1. The fourth-order valence-corrected chi connectivity index (χ4v) is 3.07. The molecule has 0 amide bonds. The zero-order valence-electron chi connectivity index (χ0n) is 10.8. The highest BCUT2D eigenvalue weighted by Gasteiger charge is 2.03. The van der Waals surface area contributed by atoms with Crippen molar-refractivity contribution in [1.29, 1.82) is 0 Å². The Morgan fingerprint density at radius 1 is 1.05 bits per heavy atom. The molecule has 0 fully saturated rings. The molecule has 3 aromatic rings. The van der Waals surface area contributed by atoms with Gasteiger partial charge in [-0.3, -0.25) is 9.78 Å². The summed E-state index contributed by atoms with van der Waals surface area (Å²) in [4.78, 5) is 16.3. The highest BCUT2D eigenvalue weighted by molar-refractivity contribution is 7.98. The van der Waals surface area contributed by atoms with Crippen molar-refractivity contribution in [1.82, 2.24) is 4.98 Å². The van der Waals surface area contributed by atoms with Crippen LogP contribution in [0.2, 0.25) is 0 Å². The van der Waals surface area contributed by atoms with Crippen molar-refractivity contribution in [2.75, 3.05) is 0 Å². The maximum Gasteiger partial charge on any atom is 0.150 e. The summed E-state index contributed by atoms with van der Waals surface area (Å²) in [5, 5.41) is 1.16. The topological polar surface area (TPSA) is 30.0 Å². The van der Waals surface area contributed by atoms with Gasteiger partial charge in [-0.15, -0.1) is 11.8 Å². The average Bonchev–Trinajstić information content (AvgIpc) is 2.53. The van der Waals surface area contributed by atoms with Crippen LogP contribution in [0.3, 0.4) is 0 Å². The Labute approximate surface area is 121 Å². The molecule has 1 aromatic heterocycles. The van der Waals surface area contributed by atoms with Gasteiger partial charge in [0, 0.05) is 27.8 Å². The van der Waals surface area contributed by atoms with E-state index < -0.39 is 0 Å². The van der Waals surface area contributed by atoms with Crippen molar-refractivity contribution in [3.05, 3.63) is 71.9 Å². The van der Waals surface area contributed by atoms with Crippen molar-refractivity contribution in [3.63, 3.8) is 0 Å². The normalized spacial score (nSPS) is 10.6. The van der Waals surface area contributed by atoms with E-state index >= 15 is 0 Å². The SMILES string of the molecule is O=Cc1cccc(SCc2cccc3cccnc23)c1. The van der Waals surface area contributed by atoms with E-state index in [0.29, 0.717) is 5.56 Å². The van der Waals surface area contributed by atoms with Crippen LogP contribution in [-0.2, 0) is 5.75 Å². The lowest BCUT2D eigenvalue weighted by Gasteiger charge is -2.06. The van der Waals surface area contributed by atoms with Crippen LogP contribution in [0.25, 0.3) is 10.9 Å². The number of carbonyl (C=O) groups is 1. The second-order valence-electron chi connectivity index (χ2n) is 4.47. The van der Waals surface area contributed by atoms with Crippen molar-refractivity contribution >= 4 is 29.0 Å². The molecular formula is C17H13NOS. The van der Waals surface area contributed by atoms with Gasteiger partial charge in [-0.05, 0) is 23.8 Å². The molecule has 2 nitrogen and oxygen atoms in total. The summed E-state index contributed by atoms with van der Waals surface area (Å²) in [6.45, 7) is 0. The maximum atomic E-state index is 10.8. The number of benzene rings is 2. The van der Waals surface area contributed by atoms with Gasteiger partial charge in [0.05, 0.1) is 5.52 Å². The third-order valence-corrected chi connectivity index (χ3v) is 4.15. The third-order valence-electron chi connectivity index (χ3n) is 3.10. The number of carbonyl (C=O) groups excluding carboxylic acids is 1. The van der Waals surface area contributed by atoms with E-state index in [1.807, 2.05) is 36.5 Å². The van der Waals surface area contributed by atoms with Gasteiger partial charge < -0.3 is 0 Å². The Balaban J connectivity index is 1.84. The van der Waals surface area contributed by atoms with E-state index in [2.05, 4.69) is 29.2 Å². The number of hydrogen-bond acceptors (Lipinski definition) is 3. The van der Waals surface area contributed by atoms with E-state index in [1.165, 1.54) is 5.56 Å². The van der Waals surface area contributed by atoms with Crippen molar-refractivity contribution in [2.24, 2.45) is 0 Å². The predicted octanol–water partition coefficient (Wildman–Crippen LogP) is 4.34. The van der Waals surface area contributed by atoms with E-state index in [-0.39, 0.29) is 0 Å². The van der Waals surface area contributed by atoms with Crippen molar-refractivity contribution in [2.45, 2.75) is 10.6 Å². The molecule has 0 atom stereocenters. The van der Waals surface area contributed by atoms with E-state index in [0.717, 1.165) is 27.8 Å². The summed E-state index contributed by atoms with van der Waals surface area (Å²) in [6, 6.07) is 17.9. The van der Waals surface area contributed by atoms with Crippen LogP contribution < -0.4 is 0 Å². The molecule has 0 spiro atoms. The predicted molar refractivity (Wildman–Crippen MR) is 83.1 cm³/mol. The Morgan fingerprint density at radius 2 is 1.90 bits per heavy atom. The van der Waals surface area contributed by atoms with Gasteiger partial charge in [0.1, 0.15) is 6.29 Å². The number of rotatable bonds is 4. The lowest BCUT2D eigenvalue weighted by molar-refractivity contribution is 0.112. The van der Waals surface area contributed by atoms with Crippen LogP contribution in [0, 0.1) is 0 Å².